The predicted molar refractivity (Wildman–Crippen MR) is 109 cm³/mol. The Bertz CT molecular complexity index is 847. The molecule has 7 nitrogen and oxygen atoms in total. The molecule has 0 fully saturated rings. The first-order valence-electron chi connectivity index (χ1n) is 9.27. The van der Waals surface area contributed by atoms with Crippen LogP contribution in [0.25, 0.3) is 0 Å². The average molecular weight is 401 g/mol. The highest BCUT2D eigenvalue weighted by Gasteiger charge is 2.22. The van der Waals surface area contributed by atoms with E-state index in [1.807, 2.05) is 38.1 Å². The molecule has 2 rings (SSSR count). The van der Waals surface area contributed by atoms with Crippen molar-refractivity contribution in [3.8, 4) is 17.2 Å². The summed E-state index contributed by atoms with van der Waals surface area (Å²) in [6, 6.07) is 10.9. The van der Waals surface area contributed by atoms with E-state index in [-0.39, 0.29) is 29.0 Å². The van der Waals surface area contributed by atoms with E-state index < -0.39 is 12.6 Å². The number of ether oxygens (including phenoxy) is 4. The van der Waals surface area contributed by atoms with Crippen LogP contribution in [0.5, 0.6) is 17.2 Å². The lowest BCUT2D eigenvalue weighted by molar-refractivity contribution is -0.125. The molecule has 2 aromatic carbocycles. The average Bonchev–Trinajstić information content (AvgIpc) is 2.75. The van der Waals surface area contributed by atoms with Crippen LogP contribution in [-0.2, 0) is 9.53 Å². The third-order valence-corrected chi connectivity index (χ3v) is 4.48. The third-order valence-electron chi connectivity index (χ3n) is 4.48. The van der Waals surface area contributed by atoms with Crippen LogP contribution >= 0.6 is 0 Å². The number of aryl methyl sites for hydroxylation is 1. The number of hydrogen-bond acceptors (Lipinski definition) is 6. The zero-order chi connectivity index (χ0) is 21.4. The van der Waals surface area contributed by atoms with Crippen molar-refractivity contribution in [3.05, 3.63) is 53.1 Å². The summed E-state index contributed by atoms with van der Waals surface area (Å²) in [6.45, 7) is 3.58. The molecule has 7 heteroatoms. The predicted octanol–water partition coefficient (Wildman–Crippen LogP) is 3.45. The Balaban J connectivity index is 2.04. The van der Waals surface area contributed by atoms with Crippen molar-refractivity contribution < 1.29 is 28.5 Å². The molecule has 0 aliphatic rings. The highest BCUT2D eigenvalue weighted by molar-refractivity contribution is 5.95. The SMILES string of the molecule is CC[C@@H](NC(=O)COC(=O)c1ccc(OC)c(OC)c1OC)c1ccc(C)cc1. The normalized spacial score (nSPS) is 11.3. The first-order valence-corrected chi connectivity index (χ1v) is 9.27. The highest BCUT2D eigenvalue weighted by atomic mass is 16.5. The second kappa shape index (κ2) is 10.4. The summed E-state index contributed by atoms with van der Waals surface area (Å²) in [4.78, 5) is 24.8. The summed E-state index contributed by atoms with van der Waals surface area (Å²) >= 11 is 0. The van der Waals surface area contributed by atoms with Gasteiger partial charge in [-0.15, -0.1) is 0 Å². The fraction of sp³-hybridized carbons (Fsp3) is 0.364. The van der Waals surface area contributed by atoms with Gasteiger partial charge in [-0.25, -0.2) is 4.79 Å². The molecule has 0 aliphatic carbocycles. The van der Waals surface area contributed by atoms with Gasteiger partial charge in [0.05, 0.1) is 27.4 Å². The fourth-order valence-electron chi connectivity index (χ4n) is 2.93. The lowest BCUT2D eigenvalue weighted by Gasteiger charge is -2.18. The van der Waals surface area contributed by atoms with Gasteiger partial charge >= 0.3 is 5.97 Å². The Labute approximate surface area is 170 Å². The van der Waals surface area contributed by atoms with Crippen molar-refractivity contribution in [1.82, 2.24) is 5.32 Å². The van der Waals surface area contributed by atoms with Crippen LogP contribution in [0.4, 0.5) is 0 Å². The monoisotopic (exact) mass is 401 g/mol. The lowest BCUT2D eigenvalue weighted by atomic mass is 10.0. The first-order chi connectivity index (χ1) is 13.9. The molecule has 29 heavy (non-hydrogen) atoms. The van der Waals surface area contributed by atoms with Crippen LogP contribution < -0.4 is 19.5 Å². The third kappa shape index (κ3) is 5.40. The van der Waals surface area contributed by atoms with Crippen LogP contribution in [0.3, 0.4) is 0 Å². The van der Waals surface area contributed by atoms with Crippen LogP contribution in [0, 0.1) is 6.92 Å². The number of hydrogen-bond donors (Lipinski definition) is 1. The molecule has 0 aliphatic heterocycles. The molecule has 0 radical (unpaired) electrons. The van der Waals surface area contributed by atoms with Gasteiger partial charge in [-0.2, -0.15) is 0 Å². The molecule has 0 saturated carbocycles. The van der Waals surface area contributed by atoms with Crippen molar-refractivity contribution in [3.63, 3.8) is 0 Å². The van der Waals surface area contributed by atoms with E-state index >= 15 is 0 Å². The van der Waals surface area contributed by atoms with Crippen molar-refractivity contribution in [2.24, 2.45) is 0 Å². The molecule has 1 amide bonds. The van der Waals surface area contributed by atoms with Crippen LogP contribution in [0.15, 0.2) is 36.4 Å². The van der Waals surface area contributed by atoms with Crippen LogP contribution in [-0.4, -0.2) is 39.8 Å². The number of esters is 1. The standard InChI is InChI=1S/C22H27NO6/c1-6-17(15-9-7-14(2)8-10-15)23-19(24)13-29-22(25)16-11-12-18(26-3)21(28-5)20(16)27-4/h7-12,17H,6,13H2,1-5H3,(H,23,24)/t17-/m1/s1. The van der Waals surface area contributed by atoms with E-state index in [0.29, 0.717) is 12.2 Å². The Morgan fingerprint density at radius 3 is 2.14 bits per heavy atom. The minimum absolute atomic E-state index is 0.142. The van der Waals surface area contributed by atoms with Crippen molar-refractivity contribution in [2.45, 2.75) is 26.3 Å². The summed E-state index contributed by atoms with van der Waals surface area (Å²) in [5, 5.41) is 2.89. The quantitative estimate of drug-likeness (QED) is 0.648. The fourth-order valence-corrected chi connectivity index (χ4v) is 2.93. The molecule has 0 aromatic heterocycles. The number of nitrogens with one attached hydrogen (secondary N) is 1. The van der Waals surface area contributed by atoms with E-state index in [2.05, 4.69) is 5.32 Å². The Hall–Kier alpha value is -3.22. The number of methoxy groups -OCH3 is 3. The van der Waals surface area contributed by atoms with Gasteiger partial charge in [0.25, 0.3) is 5.91 Å². The van der Waals surface area contributed by atoms with Gasteiger partial charge in [-0.3, -0.25) is 4.79 Å². The molecule has 0 unspecified atom stereocenters. The zero-order valence-electron chi connectivity index (χ0n) is 17.4. The maximum Gasteiger partial charge on any atom is 0.342 e. The van der Waals surface area contributed by atoms with Gasteiger partial charge in [-0.1, -0.05) is 36.8 Å². The first kappa shape index (κ1) is 22.1. The van der Waals surface area contributed by atoms with Gasteiger partial charge in [0.15, 0.2) is 18.1 Å². The van der Waals surface area contributed by atoms with Crippen molar-refractivity contribution in [2.75, 3.05) is 27.9 Å². The van der Waals surface area contributed by atoms with E-state index in [1.165, 1.54) is 27.4 Å². The minimum Gasteiger partial charge on any atom is -0.493 e. The summed E-state index contributed by atoms with van der Waals surface area (Å²) in [6.07, 6.45) is 0.715. The Morgan fingerprint density at radius 2 is 1.59 bits per heavy atom. The van der Waals surface area contributed by atoms with Gasteiger partial charge < -0.3 is 24.3 Å². The zero-order valence-corrected chi connectivity index (χ0v) is 17.4. The number of rotatable bonds is 9. The molecule has 156 valence electrons. The number of amides is 1. The van der Waals surface area contributed by atoms with Crippen molar-refractivity contribution >= 4 is 11.9 Å². The topological polar surface area (TPSA) is 83.1 Å². The van der Waals surface area contributed by atoms with E-state index in [0.717, 1.165) is 11.1 Å². The van der Waals surface area contributed by atoms with E-state index in [4.69, 9.17) is 18.9 Å². The molecule has 0 bridgehead atoms. The molecule has 0 heterocycles. The highest BCUT2D eigenvalue weighted by Crippen LogP contribution is 2.39. The second-order valence-electron chi connectivity index (χ2n) is 6.40. The van der Waals surface area contributed by atoms with Gasteiger partial charge in [0.2, 0.25) is 5.75 Å². The second-order valence-corrected chi connectivity index (χ2v) is 6.40. The lowest BCUT2D eigenvalue weighted by Crippen LogP contribution is -2.32. The molecular weight excluding hydrogens is 374 g/mol. The van der Waals surface area contributed by atoms with E-state index in [9.17, 15) is 9.59 Å². The maximum absolute atomic E-state index is 12.5. The van der Waals surface area contributed by atoms with Gasteiger partial charge in [0, 0.05) is 0 Å². The number of carbonyl (C=O) groups is 2. The molecule has 1 atom stereocenters. The molecule has 2 aromatic rings. The van der Waals surface area contributed by atoms with Crippen LogP contribution in [0.2, 0.25) is 0 Å². The van der Waals surface area contributed by atoms with Gasteiger partial charge in [-0.05, 0) is 31.0 Å². The molecule has 0 spiro atoms. The van der Waals surface area contributed by atoms with E-state index in [1.54, 1.807) is 6.07 Å². The smallest absolute Gasteiger partial charge is 0.342 e. The number of carbonyl (C=O) groups excluding carboxylic acids is 2. The van der Waals surface area contributed by atoms with Gasteiger partial charge in [0.1, 0.15) is 5.56 Å². The summed E-state index contributed by atoms with van der Waals surface area (Å²) < 4.78 is 20.9. The largest absolute Gasteiger partial charge is 0.493 e. The Kier molecular flexibility index (Phi) is 7.88. The number of benzene rings is 2. The maximum atomic E-state index is 12.5. The molecule has 1 N–H and O–H groups in total. The van der Waals surface area contributed by atoms with Crippen LogP contribution in [0.1, 0.15) is 40.9 Å². The summed E-state index contributed by atoms with van der Waals surface area (Å²) in [5.41, 5.74) is 2.29. The molecular formula is C22H27NO6. The minimum atomic E-state index is -0.693. The Morgan fingerprint density at radius 1 is 0.931 bits per heavy atom. The summed E-state index contributed by atoms with van der Waals surface area (Å²) in [7, 11) is 4.34. The van der Waals surface area contributed by atoms with Crippen molar-refractivity contribution in [1.29, 1.82) is 0 Å². The molecule has 0 saturated heterocycles. The summed E-state index contributed by atoms with van der Waals surface area (Å²) in [5.74, 6) is -0.197.